The Balaban J connectivity index is 0.000000640. The summed E-state index contributed by atoms with van der Waals surface area (Å²) in [5, 5.41) is 0. The van der Waals surface area contributed by atoms with Crippen LogP contribution in [0.2, 0.25) is 0 Å². The topological polar surface area (TPSA) is 26.0 Å². The summed E-state index contributed by atoms with van der Waals surface area (Å²) in [5.41, 5.74) is 4.93. The van der Waals surface area contributed by atoms with E-state index in [0.717, 1.165) is 0 Å². The maximum atomic E-state index is 11.4. The van der Waals surface area contributed by atoms with Crippen LogP contribution in [0.25, 0.3) is 0 Å². The fourth-order valence-corrected chi connectivity index (χ4v) is 0.591. The minimum Gasteiger partial charge on any atom is -0.327 e. The lowest BCUT2D eigenvalue weighted by molar-refractivity contribution is -0.148. The lowest BCUT2D eigenvalue weighted by atomic mass is 10.4. The molecule has 2 atom stereocenters. The first-order valence-corrected chi connectivity index (χ1v) is 2.34. The van der Waals surface area contributed by atoms with Gasteiger partial charge >= 0.3 is 6.18 Å². The zero-order valence-corrected chi connectivity index (χ0v) is 5.30. The normalized spacial score (nSPS) is 33.3. The Morgan fingerprint density at radius 3 is 1.67 bits per heavy atom. The molecule has 0 aliphatic heterocycles. The lowest BCUT2D eigenvalue weighted by Crippen LogP contribution is -2.17. The summed E-state index contributed by atoms with van der Waals surface area (Å²) in [5.74, 6) is -1.21. The van der Waals surface area contributed by atoms with Crippen molar-refractivity contribution in [1.82, 2.24) is 0 Å². The molecule has 1 saturated carbocycles. The molecule has 1 fully saturated rings. The van der Waals surface area contributed by atoms with Crippen LogP contribution in [0.4, 0.5) is 13.2 Å². The number of hydrogen-bond acceptors (Lipinski definition) is 1. The molecular weight excluding hydrogens is 154 g/mol. The highest BCUT2D eigenvalue weighted by Gasteiger charge is 2.53. The summed E-state index contributed by atoms with van der Waals surface area (Å²) in [6.45, 7) is 0. The number of halogens is 4. The maximum Gasteiger partial charge on any atom is 0.393 e. The number of nitrogens with two attached hydrogens (primary N) is 1. The van der Waals surface area contributed by atoms with Crippen LogP contribution in [0.5, 0.6) is 0 Å². The largest absolute Gasteiger partial charge is 0.393 e. The Hall–Kier alpha value is 0.0400. The third kappa shape index (κ3) is 2.02. The van der Waals surface area contributed by atoms with Crippen LogP contribution < -0.4 is 5.73 Å². The minimum atomic E-state index is -4.04. The van der Waals surface area contributed by atoms with Gasteiger partial charge in [-0.15, -0.1) is 12.4 Å². The van der Waals surface area contributed by atoms with Crippen LogP contribution in [0.3, 0.4) is 0 Å². The standard InChI is InChI=1S/C4H6F3N.ClH/c5-4(6,7)2-1-3(2)8;/h2-3H,1,8H2;1H/t2-,3-;/m1./s1. The molecule has 0 aromatic rings. The molecule has 56 valence electrons. The van der Waals surface area contributed by atoms with Crippen molar-refractivity contribution in [2.45, 2.75) is 18.6 Å². The highest BCUT2D eigenvalue weighted by atomic mass is 35.5. The monoisotopic (exact) mass is 161 g/mol. The summed E-state index contributed by atoms with van der Waals surface area (Å²) in [6.07, 6.45) is -3.93. The van der Waals surface area contributed by atoms with Gasteiger partial charge in [-0.05, 0) is 6.42 Å². The Morgan fingerprint density at radius 2 is 1.67 bits per heavy atom. The van der Waals surface area contributed by atoms with E-state index in [4.69, 9.17) is 5.73 Å². The fraction of sp³-hybridized carbons (Fsp3) is 1.00. The van der Waals surface area contributed by atoms with Gasteiger partial charge in [-0.25, -0.2) is 0 Å². The Kier molecular flexibility index (Phi) is 2.35. The maximum absolute atomic E-state index is 11.4. The molecule has 0 aromatic carbocycles. The van der Waals surface area contributed by atoms with Crippen LogP contribution in [-0.4, -0.2) is 12.2 Å². The van der Waals surface area contributed by atoms with Crippen LogP contribution in [-0.2, 0) is 0 Å². The molecule has 2 N–H and O–H groups in total. The summed E-state index contributed by atoms with van der Waals surface area (Å²) < 4.78 is 34.2. The smallest absolute Gasteiger partial charge is 0.327 e. The van der Waals surface area contributed by atoms with Crippen molar-refractivity contribution in [2.24, 2.45) is 11.7 Å². The van der Waals surface area contributed by atoms with E-state index in [1.165, 1.54) is 0 Å². The van der Waals surface area contributed by atoms with Gasteiger partial charge in [0.15, 0.2) is 0 Å². The molecule has 0 saturated heterocycles. The lowest BCUT2D eigenvalue weighted by Gasteiger charge is -2.00. The second-order valence-corrected chi connectivity index (χ2v) is 2.05. The zero-order valence-electron chi connectivity index (χ0n) is 4.48. The predicted octanol–water partition coefficient (Wildman–Crippen LogP) is 1.32. The molecule has 0 radical (unpaired) electrons. The molecule has 0 bridgehead atoms. The van der Waals surface area contributed by atoms with E-state index in [0.29, 0.717) is 0 Å². The van der Waals surface area contributed by atoms with Gasteiger partial charge in [0.2, 0.25) is 0 Å². The third-order valence-corrected chi connectivity index (χ3v) is 1.26. The minimum absolute atomic E-state index is 0. The van der Waals surface area contributed by atoms with Gasteiger partial charge < -0.3 is 5.73 Å². The number of alkyl halides is 3. The summed E-state index contributed by atoms with van der Waals surface area (Å²) in [6, 6.07) is -0.616. The third-order valence-electron chi connectivity index (χ3n) is 1.26. The summed E-state index contributed by atoms with van der Waals surface area (Å²) in [4.78, 5) is 0. The molecule has 1 aliphatic rings. The molecule has 1 aliphatic carbocycles. The van der Waals surface area contributed by atoms with Gasteiger partial charge in [-0.2, -0.15) is 13.2 Å². The summed E-state index contributed by atoms with van der Waals surface area (Å²) in [7, 11) is 0. The number of hydrogen-bond donors (Lipinski definition) is 1. The highest BCUT2D eigenvalue weighted by Crippen LogP contribution is 2.42. The van der Waals surface area contributed by atoms with E-state index in [2.05, 4.69) is 0 Å². The summed E-state index contributed by atoms with van der Waals surface area (Å²) >= 11 is 0. The van der Waals surface area contributed by atoms with E-state index in [9.17, 15) is 13.2 Å². The molecule has 0 heterocycles. The van der Waals surface area contributed by atoms with Crippen LogP contribution in [0.1, 0.15) is 6.42 Å². The molecule has 1 rings (SSSR count). The van der Waals surface area contributed by atoms with Crippen LogP contribution in [0, 0.1) is 5.92 Å². The first-order valence-electron chi connectivity index (χ1n) is 2.34. The van der Waals surface area contributed by atoms with E-state index in [1.54, 1.807) is 0 Å². The first kappa shape index (κ1) is 9.04. The second kappa shape index (κ2) is 2.34. The van der Waals surface area contributed by atoms with Gasteiger partial charge in [0.05, 0.1) is 5.92 Å². The van der Waals surface area contributed by atoms with E-state index in [1.807, 2.05) is 0 Å². The van der Waals surface area contributed by atoms with E-state index in [-0.39, 0.29) is 18.8 Å². The van der Waals surface area contributed by atoms with Crippen molar-refractivity contribution >= 4 is 12.4 Å². The van der Waals surface area contributed by atoms with Gasteiger partial charge in [-0.3, -0.25) is 0 Å². The predicted molar refractivity (Wildman–Crippen MR) is 29.4 cm³/mol. The molecule has 0 aromatic heterocycles. The van der Waals surface area contributed by atoms with Gasteiger partial charge in [0, 0.05) is 6.04 Å². The Morgan fingerprint density at radius 1 is 1.33 bits per heavy atom. The Bertz CT molecular complexity index is 102. The molecular formula is C4H7ClF3N. The van der Waals surface area contributed by atoms with Gasteiger partial charge in [-0.1, -0.05) is 0 Å². The average Bonchev–Trinajstić information content (AvgIpc) is 2.13. The highest BCUT2D eigenvalue weighted by molar-refractivity contribution is 5.85. The average molecular weight is 162 g/mol. The number of rotatable bonds is 0. The second-order valence-electron chi connectivity index (χ2n) is 2.05. The van der Waals surface area contributed by atoms with Crippen LogP contribution in [0.15, 0.2) is 0 Å². The van der Waals surface area contributed by atoms with Crippen LogP contribution >= 0.6 is 12.4 Å². The quantitative estimate of drug-likeness (QED) is 0.570. The Labute approximate surface area is 56.8 Å². The van der Waals surface area contributed by atoms with Gasteiger partial charge in [0.1, 0.15) is 0 Å². The van der Waals surface area contributed by atoms with Crippen molar-refractivity contribution in [3.8, 4) is 0 Å². The molecule has 5 heteroatoms. The van der Waals surface area contributed by atoms with E-state index >= 15 is 0 Å². The zero-order chi connectivity index (χ0) is 6.36. The molecule has 0 unspecified atom stereocenters. The first-order chi connectivity index (χ1) is 3.52. The fourth-order valence-electron chi connectivity index (χ4n) is 0.591. The van der Waals surface area contributed by atoms with E-state index < -0.39 is 18.1 Å². The molecule has 0 amide bonds. The van der Waals surface area contributed by atoms with Crippen molar-refractivity contribution in [1.29, 1.82) is 0 Å². The van der Waals surface area contributed by atoms with Crippen molar-refractivity contribution in [3.63, 3.8) is 0 Å². The molecule has 9 heavy (non-hydrogen) atoms. The van der Waals surface area contributed by atoms with Crippen molar-refractivity contribution in [3.05, 3.63) is 0 Å². The SMILES string of the molecule is Cl.N[C@@H]1C[C@H]1C(F)(F)F. The molecule has 1 nitrogen and oxygen atoms in total. The molecule has 0 spiro atoms. The van der Waals surface area contributed by atoms with Crippen molar-refractivity contribution in [2.75, 3.05) is 0 Å². The van der Waals surface area contributed by atoms with Gasteiger partial charge in [0.25, 0.3) is 0 Å². The van der Waals surface area contributed by atoms with Crippen molar-refractivity contribution < 1.29 is 13.2 Å².